The number of hydrogen-bond acceptors (Lipinski definition) is 4. The molecule has 0 radical (unpaired) electrons. The van der Waals surface area contributed by atoms with Crippen molar-refractivity contribution in [2.45, 2.75) is 43.8 Å². The summed E-state index contributed by atoms with van der Waals surface area (Å²) in [4.78, 5) is 32.6. The number of pyridine rings is 1. The highest BCUT2D eigenvalue weighted by Gasteiger charge is 2.41. The molecule has 1 aliphatic heterocycles. The summed E-state index contributed by atoms with van der Waals surface area (Å²) in [6.45, 7) is 0.493. The maximum atomic E-state index is 13.7. The second-order valence-electron chi connectivity index (χ2n) is 8.89. The van der Waals surface area contributed by atoms with Gasteiger partial charge in [0, 0.05) is 31.9 Å². The van der Waals surface area contributed by atoms with Gasteiger partial charge in [-0.15, -0.1) is 0 Å². The Bertz CT molecular complexity index is 1090. The number of carbonyl (C=O) groups excluding carboxylic acids is 2. The average Bonchev–Trinajstić information content (AvgIpc) is 3.51. The van der Waals surface area contributed by atoms with Crippen LogP contribution in [0.1, 0.15) is 53.2 Å². The van der Waals surface area contributed by atoms with Crippen molar-refractivity contribution in [2.24, 2.45) is 5.92 Å². The van der Waals surface area contributed by atoms with E-state index in [1.54, 1.807) is 4.90 Å². The van der Waals surface area contributed by atoms with Crippen LogP contribution >= 0.6 is 11.6 Å². The second kappa shape index (κ2) is 7.62. The van der Waals surface area contributed by atoms with Crippen molar-refractivity contribution in [1.82, 2.24) is 19.2 Å². The van der Waals surface area contributed by atoms with Crippen LogP contribution in [-0.4, -0.2) is 68.4 Å². The molecule has 2 aliphatic carbocycles. The summed E-state index contributed by atoms with van der Waals surface area (Å²) in [7, 11) is 0. The lowest BCUT2D eigenvalue weighted by atomic mass is 9.79. The van der Waals surface area contributed by atoms with Crippen LogP contribution in [0.5, 0.6) is 0 Å². The van der Waals surface area contributed by atoms with Gasteiger partial charge in [-0.25, -0.2) is 4.98 Å². The van der Waals surface area contributed by atoms with Gasteiger partial charge in [-0.1, -0.05) is 11.6 Å². The lowest BCUT2D eigenvalue weighted by molar-refractivity contribution is -0.141. The van der Waals surface area contributed by atoms with Gasteiger partial charge in [0.2, 0.25) is 5.91 Å². The number of hydrogen-bond donors (Lipinski definition) is 1. The van der Waals surface area contributed by atoms with Gasteiger partial charge in [0.25, 0.3) is 5.91 Å². The molecule has 2 aromatic rings. The van der Waals surface area contributed by atoms with E-state index in [-0.39, 0.29) is 54.3 Å². The minimum atomic E-state index is -4.64. The molecule has 0 aromatic carbocycles. The van der Waals surface area contributed by atoms with Crippen LogP contribution in [0.2, 0.25) is 5.15 Å². The lowest BCUT2D eigenvalue weighted by Crippen LogP contribution is -2.58. The predicted molar refractivity (Wildman–Crippen MR) is 108 cm³/mol. The number of aromatic nitrogens is 2. The van der Waals surface area contributed by atoms with Crippen LogP contribution in [0.4, 0.5) is 13.2 Å². The standard InChI is InChI=1S/C21H22ClF3N4O3/c22-18-17(20(32)27-3-4-28(16(31)9-27)14-5-11(6-14)10-30)26-19-15(21(23,24)25)7-13(8-29(18)19)12-1-2-12/h7-8,11-12,14,30H,1-6,9-10H2/t11-,14-. The maximum absolute atomic E-state index is 13.7. The summed E-state index contributed by atoms with van der Waals surface area (Å²) in [5.74, 6) is -0.624. The van der Waals surface area contributed by atoms with Crippen LogP contribution < -0.4 is 0 Å². The first kappa shape index (κ1) is 21.5. The van der Waals surface area contributed by atoms with Crippen LogP contribution in [0.3, 0.4) is 0 Å². The first-order valence-electron chi connectivity index (χ1n) is 10.7. The van der Waals surface area contributed by atoms with Crippen molar-refractivity contribution in [1.29, 1.82) is 0 Å². The number of imidazole rings is 1. The zero-order valence-electron chi connectivity index (χ0n) is 17.1. The van der Waals surface area contributed by atoms with E-state index in [0.717, 1.165) is 36.2 Å². The SMILES string of the molecule is O=C(c1nc2c(C(F)(F)F)cc(C3CC3)cn2c1Cl)N1CCN([C@H]2C[C@H](CO)C2)C(=O)C1. The van der Waals surface area contributed by atoms with Gasteiger partial charge in [-0.3, -0.25) is 14.0 Å². The molecule has 2 saturated carbocycles. The molecule has 2 amide bonds. The summed E-state index contributed by atoms with van der Waals surface area (Å²) in [5.41, 5.74) is -1.10. The number of carbonyl (C=O) groups is 2. The van der Waals surface area contributed by atoms with Gasteiger partial charge in [0.1, 0.15) is 11.7 Å². The summed E-state index contributed by atoms with van der Waals surface area (Å²) >= 11 is 6.34. The molecule has 0 unspecified atom stereocenters. The predicted octanol–water partition coefficient (Wildman–Crippen LogP) is 2.94. The molecule has 0 spiro atoms. The van der Waals surface area contributed by atoms with Gasteiger partial charge < -0.3 is 14.9 Å². The minimum absolute atomic E-state index is 0.0563. The van der Waals surface area contributed by atoms with Crippen molar-refractivity contribution >= 4 is 29.1 Å². The molecule has 3 heterocycles. The van der Waals surface area contributed by atoms with Crippen molar-refractivity contribution in [3.8, 4) is 0 Å². The fourth-order valence-electron chi connectivity index (χ4n) is 4.62. The van der Waals surface area contributed by atoms with Gasteiger partial charge >= 0.3 is 6.18 Å². The Morgan fingerprint density at radius 3 is 2.56 bits per heavy atom. The molecule has 2 aromatic heterocycles. The largest absolute Gasteiger partial charge is 0.419 e. The maximum Gasteiger partial charge on any atom is 0.419 e. The number of amides is 2. The van der Waals surface area contributed by atoms with Crippen molar-refractivity contribution in [3.63, 3.8) is 0 Å². The van der Waals surface area contributed by atoms with Crippen LogP contribution in [0, 0.1) is 5.92 Å². The Kier molecular flexibility index (Phi) is 5.12. The summed E-state index contributed by atoms with van der Waals surface area (Å²) in [6.07, 6.45) is -0.0275. The normalized spacial score (nSPS) is 24.2. The van der Waals surface area contributed by atoms with Crippen molar-refractivity contribution in [2.75, 3.05) is 26.2 Å². The number of piperazine rings is 1. The van der Waals surface area contributed by atoms with E-state index in [1.807, 2.05) is 0 Å². The highest BCUT2D eigenvalue weighted by Crippen LogP contribution is 2.43. The molecule has 5 rings (SSSR count). The molecule has 1 saturated heterocycles. The lowest BCUT2D eigenvalue weighted by Gasteiger charge is -2.45. The Hall–Kier alpha value is -2.33. The van der Waals surface area contributed by atoms with E-state index in [0.29, 0.717) is 12.1 Å². The number of fused-ring (bicyclic) bond motifs is 1. The fraction of sp³-hybridized carbons (Fsp3) is 0.571. The monoisotopic (exact) mass is 470 g/mol. The minimum Gasteiger partial charge on any atom is -0.396 e. The number of halogens is 4. The molecule has 172 valence electrons. The summed E-state index contributed by atoms with van der Waals surface area (Å²) in [5, 5.41) is 8.98. The molecule has 0 atom stereocenters. The number of nitrogens with zero attached hydrogens (tertiary/aromatic N) is 4. The third-order valence-electron chi connectivity index (χ3n) is 6.69. The molecule has 1 N–H and O–H groups in total. The van der Waals surface area contributed by atoms with E-state index >= 15 is 0 Å². The highest BCUT2D eigenvalue weighted by molar-refractivity contribution is 6.33. The zero-order valence-corrected chi connectivity index (χ0v) is 17.9. The Morgan fingerprint density at radius 2 is 1.97 bits per heavy atom. The van der Waals surface area contributed by atoms with Crippen LogP contribution in [-0.2, 0) is 11.0 Å². The molecular formula is C21H22ClF3N4O3. The summed E-state index contributed by atoms with van der Waals surface area (Å²) in [6, 6.07) is 1.15. The number of aliphatic hydroxyl groups excluding tert-OH is 1. The van der Waals surface area contributed by atoms with E-state index in [2.05, 4.69) is 4.98 Å². The van der Waals surface area contributed by atoms with E-state index < -0.39 is 23.3 Å². The third-order valence-corrected chi connectivity index (χ3v) is 7.06. The zero-order chi connectivity index (χ0) is 22.8. The molecule has 3 aliphatic rings. The van der Waals surface area contributed by atoms with E-state index in [4.69, 9.17) is 16.7 Å². The molecular weight excluding hydrogens is 449 g/mol. The first-order chi connectivity index (χ1) is 15.2. The first-order valence-corrected chi connectivity index (χ1v) is 11.0. The van der Waals surface area contributed by atoms with Gasteiger partial charge in [-0.05, 0) is 49.1 Å². The molecule has 0 bridgehead atoms. The second-order valence-corrected chi connectivity index (χ2v) is 9.25. The quantitative estimate of drug-likeness (QED) is 0.745. The average molecular weight is 471 g/mol. The Labute approximate surface area is 186 Å². The highest BCUT2D eigenvalue weighted by atomic mass is 35.5. The molecule has 32 heavy (non-hydrogen) atoms. The third kappa shape index (κ3) is 3.63. The summed E-state index contributed by atoms with van der Waals surface area (Å²) < 4.78 is 42.2. The molecule has 3 fully saturated rings. The Balaban J connectivity index is 1.41. The number of rotatable bonds is 4. The van der Waals surface area contributed by atoms with E-state index in [9.17, 15) is 22.8 Å². The molecule has 7 nitrogen and oxygen atoms in total. The van der Waals surface area contributed by atoms with Crippen LogP contribution in [0.25, 0.3) is 5.65 Å². The van der Waals surface area contributed by atoms with Crippen molar-refractivity contribution in [3.05, 3.63) is 34.2 Å². The van der Waals surface area contributed by atoms with Gasteiger partial charge in [-0.2, -0.15) is 13.2 Å². The Morgan fingerprint density at radius 1 is 1.25 bits per heavy atom. The van der Waals surface area contributed by atoms with E-state index in [1.165, 1.54) is 11.1 Å². The van der Waals surface area contributed by atoms with Gasteiger partial charge in [0.05, 0.1) is 5.56 Å². The number of aliphatic hydroxyl groups is 1. The fourth-order valence-corrected chi connectivity index (χ4v) is 4.87. The number of alkyl halides is 3. The van der Waals surface area contributed by atoms with Gasteiger partial charge in [0.15, 0.2) is 11.3 Å². The smallest absolute Gasteiger partial charge is 0.396 e. The molecule has 11 heteroatoms. The van der Waals surface area contributed by atoms with Crippen LogP contribution in [0.15, 0.2) is 12.3 Å². The topological polar surface area (TPSA) is 78.2 Å². The van der Waals surface area contributed by atoms with Crippen molar-refractivity contribution < 1.29 is 27.9 Å².